The molecular formula is C7H14N2O2S2. The van der Waals surface area contributed by atoms with Gasteiger partial charge in [-0.1, -0.05) is 24.0 Å². The van der Waals surface area contributed by atoms with Crippen LogP contribution in [0.1, 0.15) is 6.92 Å². The van der Waals surface area contributed by atoms with Gasteiger partial charge in [-0.05, 0) is 6.92 Å². The van der Waals surface area contributed by atoms with Gasteiger partial charge in [0.2, 0.25) is 0 Å². The van der Waals surface area contributed by atoms with Crippen LogP contribution in [-0.4, -0.2) is 41.9 Å². The van der Waals surface area contributed by atoms with Gasteiger partial charge in [0, 0.05) is 14.1 Å². The number of nitrogens with one attached hydrogen (secondary N) is 1. The van der Waals surface area contributed by atoms with Crippen molar-refractivity contribution in [3.05, 3.63) is 0 Å². The smallest absolute Gasteiger partial charge is 0.407 e. The minimum Gasteiger partial charge on any atom is -0.450 e. The highest BCUT2D eigenvalue weighted by Crippen LogP contribution is 2.03. The van der Waals surface area contributed by atoms with Crippen LogP contribution in [0.3, 0.4) is 0 Å². The average molecular weight is 222 g/mol. The standard InChI is InChI=1S/C7H14N2O2S2/c1-4-11-6(10)8-5-13-7(12)9(2)3/h4-5H2,1-3H3,(H,8,10). The Bertz CT molecular complexity index is 185. The molecule has 0 atom stereocenters. The number of hydrogen-bond donors (Lipinski definition) is 1. The number of thioether (sulfide) groups is 1. The van der Waals surface area contributed by atoms with Crippen molar-refractivity contribution in [2.24, 2.45) is 0 Å². The summed E-state index contributed by atoms with van der Waals surface area (Å²) in [6.45, 7) is 2.14. The lowest BCUT2D eigenvalue weighted by Crippen LogP contribution is -2.26. The fourth-order valence-corrected chi connectivity index (χ4v) is 1.22. The van der Waals surface area contributed by atoms with Crippen molar-refractivity contribution in [2.75, 3.05) is 26.6 Å². The van der Waals surface area contributed by atoms with Crippen molar-refractivity contribution < 1.29 is 9.53 Å². The Balaban J connectivity index is 3.45. The summed E-state index contributed by atoms with van der Waals surface area (Å²) in [5.74, 6) is 0.440. The lowest BCUT2D eigenvalue weighted by molar-refractivity contribution is 0.154. The molecule has 4 nitrogen and oxygen atoms in total. The molecule has 0 aliphatic heterocycles. The number of nitrogens with zero attached hydrogens (tertiary/aromatic N) is 1. The zero-order valence-electron chi connectivity index (χ0n) is 7.99. The second-order valence-electron chi connectivity index (χ2n) is 2.35. The van der Waals surface area contributed by atoms with Gasteiger partial charge in [0.1, 0.15) is 4.32 Å². The van der Waals surface area contributed by atoms with E-state index >= 15 is 0 Å². The number of rotatable bonds is 3. The van der Waals surface area contributed by atoms with Crippen molar-refractivity contribution in [2.45, 2.75) is 6.92 Å². The first-order valence-corrected chi connectivity index (χ1v) is 5.22. The summed E-state index contributed by atoms with van der Waals surface area (Å²) >= 11 is 6.38. The molecule has 0 aromatic heterocycles. The highest BCUT2D eigenvalue weighted by molar-refractivity contribution is 8.22. The number of carbonyl (C=O) groups is 1. The molecule has 0 radical (unpaired) electrons. The SMILES string of the molecule is CCOC(=O)NCSC(=S)N(C)C. The average Bonchev–Trinajstić information content (AvgIpc) is 2.04. The topological polar surface area (TPSA) is 41.6 Å². The molecule has 0 aliphatic rings. The van der Waals surface area contributed by atoms with E-state index in [0.717, 1.165) is 4.32 Å². The number of thiocarbonyl (C=S) groups is 1. The molecule has 0 aromatic rings. The van der Waals surface area contributed by atoms with Crippen LogP contribution in [0, 0.1) is 0 Å². The largest absolute Gasteiger partial charge is 0.450 e. The summed E-state index contributed by atoms with van der Waals surface area (Å²) in [4.78, 5) is 12.6. The monoisotopic (exact) mass is 222 g/mol. The molecule has 0 fully saturated rings. The van der Waals surface area contributed by atoms with Crippen molar-refractivity contribution in [1.82, 2.24) is 10.2 Å². The van der Waals surface area contributed by atoms with Gasteiger partial charge in [-0.3, -0.25) is 0 Å². The first kappa shape index (κ1) is 12.5. The number of ether oxygens (including phenoxy) is 1. The fourth-order valence-electron chi connectivity index (χ4n) is 0.468. The minimum atomic E-state index is -0.406. The van der Waals surface area contributed by atoms with Crippen molar-refractivity contribution >= 4 is 34.4 Å². The zero-order chi connectivity index (χ0) is 10.3. The molecule has 0 unspecified atom stereocenters. The summed E-state index contributed by atoms with van der Waals surface area (Å²) < 4.78 is 5.40. The molecule has 0 aliphatic carbocycles. The van der Waals surface area contributed by atoms with Crippen LogP contribution in [0.2, 0.25) is 0 Å². The number of carbonyl (C=O) groups excluding carboxylic acids is 1. The molecule has 0 rings (SSSR count). The van der Waals surface area contributed by atoms with E-state index in [1.54, 1.807) is 6.92 Å². The van der Waals surface area contributed by atoms with Gasteiger partial charge in [0.15, 0.2) is 0 Å². The maximum absolute atomic E-state index is 10.8. The zero-order valence-corrected chi connectivity index (χ0v) is 9.63. The Kier molecular flexibility index (Phi) is 6.70. The lowest BCUT2D eigenvalue weighted by atomic mass is 10.9. The van der Waals surface area contributed by atoms with E-state index in [1.807, 2.05) is 19.0 Å². The molecule has 0 aromatic carbocycles. The Hall–Kier alpha value is -0.490. The Morgan fingerprint density at radius 1 is 1.62 bits per heavy atom. The molecule has 0 saturated heterocycles. The van der Waals surface area contributed by atoms with Gasteiger partial charge in [-0.15, -0.1) is 0 Å². The van der Waals surface area contributed by atoms with Crippen LogP contribution in [0.15, 0.2) is 0 Å². The van der Waals surface area contributed by atoms with E-state index in [2.05, 4.69) is 10.1 Å². The summed E-state index contributed by atoms with van der Waals surface area (Å²) in [6, 6.07) is 0. The summed E-state index contributed by atoms with van der Waals surface area (Å²) in [5.41, 5.74) is 0. The van der Waals surface area contributed by atoms with Gasteiger partial charge in [-0.25, -0.2) is 4.79 Å². The quantitative estimate of drug-likeness (QED) is 0.575. The van der Waals surface area contributed by atoms with Crippen molar-refractivity contribution in [3.63, 3.8) is 0 Å². The maximum Gasteiger partial charge on any atom is 0.407 e. The highest BCUT2D eigenvalue weighted by Gasteiger charge is 2.02. The molecule has 13 heavy (non-hydrogen) atoms. The first-order chi connectivity index (χ1) is 6.07. The van der Waals surface area contributed by atoms with Crippen molar-refractivity contribution in [3.8, 4) is 0 Å². The van der Waals surface area contributed by atoms with Crippen LogP contribution < -0.4 is 5.32 Å². The molecule has 6 heteroatoms. The molecule has 0 bridgehead atoms. The van der Waals surface area contributed by atoms with E-state index in [4.69, 9.17) is 12.2 Å². The maximum atomic E-state index is 10.8. The Morgan fingerprint density at radius 2 is 2.23 bits per heavy atom. The van der Waals surface area contributed by atoms with E-state index in [-0.39, 0.29) is 0 Å². The first-order valence-electron chi connectivity index (χ1n) is 3.82. The van der Waals surface area contributed by atoms with Gasteiger partial charge < -0.3 is 15.0 Å². The highest BCUT2D eigenvalue weighted by atomic mass is 32.2. The molecular weight excluding hydrogens is 208 g/mol. The molecule has 0 heterocycles. The Labute approximate surface area is 88.0 Å². The molecule has 76 valence electrons. The van der Waals surface area contributed by atoms with Crippen molar-refractivity contribution in [1.29, 1.82) is 0 Å². The van der Waals surface area contributed by atoms with E-state index in [1.165, 1.54) is 11.8 Å². The predicted molar refractivity (Wildman–Crippen MR) is 58.9 cm³/mol. The van der Waals surface area contributed by atoms with Gasteiger partial charge in [0.25, 0.3) is 0 Å². The Morgan fingerprint density at radius 3 is 2.69 bits per heavy atom. The van der Waals surface area contributed by atoms with Gasteiger partial charge in [0.05, 0.1) is 12.5 Å². The second kappa shape index (κ2) is 6.97. The second-order valence-corrected chi connectivity index (χ2v) is 3.96. The third-order valence-corrected chi connectivity index (χ3v) is 2.67. The van der Waals surface area contributed by atoms with E-state index < -0.39 is 6.09 Å². The molecule has 0 saturated carbocycles. The summed E-state index contributed by atoms with van der Waals surface area (Å²) in [7, 11) is 3.72. The summed E-state index contributed by atoms with van der Waals surface area (Å²) in [5, 5.41) is 2.56. The number of alkyl carbamates (subject to hydrolysis) is 1. The normalized spacial score (nSPS) is 9.15. The molecule has 1 N–H and O–H groups in total. The van der Waals surface area contributed by atoms with E-state index in [0.29, 0.717) is 12.5 Å². The van der Waals surface area contributed by atoms with Gasteiger partial charge in [-0.2, -0.15) is 0 Å². The lowest BCUT2D eigenvalue weighted by Gasteiger charge is -2.12. The minimum absolute atomic E-state index is 0.384. The van der Waals surface area contributed by atoms with Crippen LogP contribution in [0.25, 0.3) is 0 Å². The third kappa shape index (κ3) is 6.65. The molecule has 1 amide bonds. The molecule has 0 spiro atoms. The predicted octanol–water partition coefficient (Wildman–Crippen LogP) is 1.27. The van der Waals surface area contributed by atoms with E-state index in [9.17, 15) is 4.79 Å². The van der Waals surface area contributed by atoms with Crippen LogP contribution in [0.4, 0.5) is 4.79 Å². The fraction of sp³-hybridized carbons (Fsp3) is 0.714. The number of amides is 1. The van der Waals surface area contributed by atoms with Crippen LogP contribution >= 0.6 is 24.0 Å². The number of hydrogen-bond acceptors (Lipinski definition) is 4. The third-order valence-electron chi connectivity index (χ3n) is 1.05. The van der Waals surface area contributed by atoms with Crippen LogP contribution in [0.5, 0.6) is 0 Å². The van der Waals surface area contributed by atoms with Gasteiger partial charge >= 0.3 is 6.09 Å². The van der Waals surface area contributed by atoms with Crippen LogP contribution in [-0.2, 0) is 4.74 Å². The summed E-state index contributed by atoms with van der Waals surface area (Å²) in [6.07, 6.45) is -0.406.